The maximum absolute atomic E-state index is 13.8. The van der Waals surface area contributed by atoms with E-state index in [-0.39, 0.29) is 47.9 Å². The summed E-state index contributed by atoms with van der Waals surface area (Å²) in [4.78, 5) is 51.7. The van der Waals surface area contributed by atoms with Crippen molar-refractivity contribution in [1.29, 1.82) is 0 Å². The SMILES string of the molecule is COc1cc(C(=O)N2[C@H]3CC[C@@H]2[C@H](N)C3)cc2nc(-c3cc4ccc([C@@H](C)NC(=O)N5CC(C(N)=O)C5)nc4n3CC3CC3)c(C)n12. The third-order valence-corrected chi connectivity index (χ3v) is 10.7. The van der Waals surface area contributed by atoms with Gasteiger partial charge in [0.05, 0.1) is 36.2 Å². The zero-order chi connectivity index (χ0) is 32.7. The highest BCUT2D eigenvalue weighted by Crippen LogP contribution is 2.40. The molecule has 47 heavy (non-hydrogen) atoms. The van der Waals surface area contributed by atoms with E-state index in [9.17, 15) is 14.4 Å². The molecule has 0 aromatic carbocycles. The molecular weight excluding hydrogens is 598 g/mol. The quantitative estimate of drug-likeness (QED) is 0.267. The first-order chi connectivity index (χ1) is 22.6. The second-order valence-corrected chi connectivity index (χ2v) is 13.8. The monoisotopic (exact) mass is 639 g/mol. The molecule has 1 saturated carbocycles. The van der Waals surface area contributed by atoms with Crippen LogP contribution in [0.1, 0.15) is 66.8 Å². The van der Waals surface area contributed by atoms with E-state index in [4.69, 9.17) is 26.2 Å². The Labute approximate surface area is 272 Å². The van der Waals surface area contributed by atoms with Gasteiger partial charge in [0.25, 0.3) is 5.91 Å². The molecule has 7 heterocycles. The van der Waals surface area contributed by atoms with Crippen molar-refractivity contribution in [1.82, 2.24) is 34.1 Å². The average molecular weight is 640 g/mol. The molecular formula is C34H41N9O4. The molecule has 3 saturated heterocycles. The zero-order valence-electron chi connectivity index (χ0n) is 27.0. The van der Waals surface area contributed by atoms with Crippen LogP contribution in [-0.2, 0) is 11.3 Å². The van der Waals surface area contributed by atoms with Crippen molar-refractivity contribution < 1.29 is 19.1 Å². The summed E-state index contributed by atoms with van der Waals surface area (Å²) in [6, 6.07) is 9.51. The van der Waals surface area contributed by atoms with Crippen LogP contribution in [0.5, 0.6) is 5.88 Å². The van der Waals surface area contributed by atoms with Gasteiger partial charge in [-0.3, -0.25) is 14.0 Å². The normalized spacial score (nSPS) is 23.0. The molecule has 4 aromatic heterocycles. The predicted octanol–water partition coefficient (Wildman–Crippen LogP) is 2.97. The van der Waals surface area contributed by atoms with Gasteiger partial charge in [0.15, 0.2) is 5.88 Å². The van der Waals surface area contributed by atoms with Crippen LogP contribution < -0.4 is 21.5 Å². The number of nitrogens with two attached hydrogens (primary N) is 2. The number of rotatable bonds is 8. The molecule has 4 amide bonds. The Morgan fingerprint density at radius 1 is 1.09 bits per heavy atom. The minimum absolute atomic E-state index is 0.0176. The van der Waals surface area contributed by atoms with E-state index in [0.29, 0.717) is 36.1 Å². The van der Waals surface area contributed by atoms with Crippen LogP contribution in [0.3, 0.4) is 0 Å². The number of hydrogen-bond acceptors (Lipinski definition) is 7. The van der Waals surface area contributed by atoms with Gasteiger partial charge in [-0.25, -0.2) is 14.8 Å². The zero-order valence-corrected chi connectivity index (χ0v) is 27.0. The Hall–Kier alpha value is -4.65. The fourth-order valence-corrected chi connectivity index (χ4v) is 7.79. The summed E-state index contributed by atoms with van der Waals surface area (Å²) in [5.41, 5.74) is 17.2. The molecule has 13 nitrogen and oxygen atoms in total. The van der Waals surface area contributed by atoms with E-state index in [2.05, 4.69) is 16.0 Å². The highest BCUT2D eigenvalue weighted by molar-refractivity contribution is 5.97. The number of carbonyl (C=O) groups excluding carboxylic acids is 3. The third kappa shape index (κ3) is 4.90. The van der Waals surface area contributed by atoms with Gasteiger partial charge in [-0.15, -0.1) is 0 Å². The summed E-state index contributed by atoms with van der Waals surface area (Å²) in [6.07, 6.45) is 5.13. The van der Waals surface area contributed by atoms with E-state index < -0.39 is 0 Å². The number of aryl methyl sites for hydroxylation is 1. The minimum Gasteiger partial charge on any atom is -0.482 e. The summed E-state index contributed by atoms with van der Waals surface area (Å²) in [5.74, 6) is 0.431. The van der Waals surface area contributed by atoms with Crippen LogP contribution in [0.2, 0.25) is 0 Å². The van der Waals surface area contributed by atoms with Gasteiger partial charge >= 0.3 is 6.03 Å². The number of aromatic nitrogens is 4. The molecule has 0 spiro atoms. The summed E-state index contributed by atoms with van der Waals surface area (Å²) in [7, 11) is 1.62. The van der Waals surface area contributed by atoms with Gasteiger partial charge in [-0.1, -0.05) is 0 Å². The van der Waals surface area contributed by atoms with E-state index in [1.807, 2.05) is 47.4 Å². The second kappa shape index (κ2) is 11.0. The number of methoxy groups -OCH3 is 1. The number of nitrogens with one attached hydrogen (secondary N) is 1. The molecule has 13 heteroatoms. The standard InChI is InChI=1S/C34H41N9O4/c1-17(37-34(46)40-15-22(16-40)31(36)44)25-8-6-20-10-27(41(32(20)38-25)14-19-4-5-19)30-18(2)42-28(39-30)11-21(12-29(42)47-3)33(45)43-23-7-9-26(43)24(35)13-23/h6,8,10-12,17,19,22-24,26H,4-5,7,9,13-16,35H2,1-3H3,(H2,36,44)(H,37,46)/t17-,23+,24-,26-/m1/s1. The van der Waals surface area contributed by atoms with Crippen molar-refractivity contribution in [2.45, 2.75) is 76.7 Å². The number of nitrogens with zero attached hydrogens (tertiary/aromatic N) is 6. The Kier molecular flexibility index (Phi) is 6.94. The lowest BCUT2D eigenvalue weighted by Crippen LogP contribution is -2.57. The van der Waals surface area contributed by atoms with Gasteiger partial charge in [-0.2, -0.15) is 0 Å². The number of primary amides is 1. The fraction of sp³-hybridized carbons (Fsp3) is 0.500. The van der Waals surface area contributed by atoms with E-state index in [0.717, 1.165) is 59.6 Å². The third-order valence-electron chi connectivity index (χ3n) is 10.7. The summed E-state index contributed by atoms with van der Waals surface area (Å²) < 4.78 is 10.0. The van der Waals surface area contributed by atoms with Crippen molar-refractivity contribution in [2.24, 2.45) is 23.3 Å². The second-order valence-electron chi connectivity index (χ2n) is 13.8. The number of carbonyl (C=O) groups is 3. The summed E-state index contributed by atoms with van der Waals surface area (Å²) in [6.45, 7) is 5.41. The first kappa shape index (κ1) is 29.7. The first-order valence-electron chi connectivity index (χ1n) is 16.6. The molecule has 4 aliphatic rings. The minimum atomic E-state index is -0.381. The van der Waals surface area contributed by atoms with Crippen molar-refractivity contribution in [3.63, 3.8) is 0 Å². The smallest absolute Gasteiger partial charge is 0.317 e. The average Bonchev–Trinajstić information content (AvgIpc) is 3.34. The topological polar surface area (TPSA) is 166 Å². The predicted molar refractivity (Wildman–Crippen MR) is 175 cm³/mol. The fourth-order valence-electron chi connectivity index (χ4n) is 7.79. The maximum atomic E-state index is 13.8. The Morgan fingerprint density at radius 2 is 1.87 bits per heavy atom. The molecule has 246 valence electrons. The largest absolute Gasteiger partial charge is 0.482 e. The van der Waals surface area contributed by atoms with Crippen molar-refractivity contribution >= 4 is 34.5 Å². The maximum Gasteiger partial charge on any atom is 0.317 e. The number of ether oxygens (including phenoxy) is 1. The molecule has 1 aliphatic carbocycles. The summed E-state index contributed by atoms with van der Waals surface area (Å²) >= 11 is 0. The first-order valence-corrected chi connectivity index (χ1v) is 16.6. The molecule has 2 bridgehead atoms. The van der Waals surface area contributed by atoms with Crippen molar-refractivity contribution in [2.75, 3.05) is 20.2 Å². The van der Waals surface area contributed by atoms with E-state index in [1.165, 1.54) is 12.8 Å². The van der Waals surface area contributed by atoms with Crippen LogP contribution in [0.25, 0.3) is 28.1 Å². The number of amides is 4. The summed E-state index contributed by atoms with van der Waals surface area (Å²) in [5, 5.41) is 4.00. The number of likely N-dealkylation sites (tertiary alicyclic amines) is 1. The van der Waals surface area contributed by atoms with Gasteiger partial charge < -0.3 is 35.9 Å². The molecule has 8 rings (SSSR count). The van der Waals surface area contributed by atoms with Crippen LogP contribution in [0.4, 0.5) is 4.79 Å². The number of pyridine rings is 2. The molecule has 0 radical (unpaired) electrons. The Bertz CT molecular complexity index is 1940. The lowest BCUT2D eigenvalue weighted by Gasteiger charge is -2.37. The molecule has 4 aromatic rings. The van der Waals surface area contributed by atoms with Crippen LogP contribution >= 0.6 is 0 Å². The van der Waals surface area contributed by atoms with Gasteiger partial charge in [0.2, 0.25) is 5.91 Å². The molecule has 4 fully saturated rings. The van der Waals surface area contributed by atoms with Gasteiger partial charge in [-0.05, 0) is 76.1 Å². The number of imidazole rings is 1. The number of urea groups is 1. The van der Waals surface area contributed by atoms with Crippen LogP contribution in [0, 0.1) is 18.8 Å². The lowest BCUT2D eigenvalue weighted by molar-refractivity contribution is -0.125. The molecule has 3 aliphatic heterocycles. The van der Waals surface area contributed by atoms with Crippen LogP contribution in [-0.4, -0.2) is 84.9 Å². The van der Waals surface area contributed by atoms with Gasteiger partial charge in [0, 0.05) is 54.8 Å². The number of hydrogen-bond donors (Lipinski definition) is 3. The molecule has 5 N–H and O–H groups in total. The van der Waals surface area contributed by atoms with E-state index >= 15 is 0 Å². The van der Waals surface area contributed by atoms with Crippen molar-refractivity contribution in [3.8, 4) is 17.3 Å². The lowest BCUT2D eigenvalue weighted by atomic mass is 9.97. The highest BCUT2D eigenvalue weighted by Gasteiger charge is 2.47. The van der Waals surface area contributed by atoms with Gasteiger partial charge in [0.1, 0.15) is 17.0 Å². The molecule has 4 atom stereocenters. The molecule has 0 unspecified atom stereocenters. The van der Waals surface area contributed by atoms with Crippen LogP contribution in [0.15, 0.2) is 30.3 Å². The van der Waals surface area contributed by atoms with Crippen molar-refractivity contribution in [3.05, 3.63) is 47.3 Å². The number of fused-ring (bicyclic) bond motifs is 4. The van der Waals surface area contributed by atoms with E-state index in [1.54, 1.807) is 12.0 Å². The Morgan fingerprint density at radius 3 is 2.53 bits per heavy atom. The highest BCUT2D eigenvalue weighted by atomic mass is 16.5. The Balaban J connectivity index is 1.14.